The van der Waals surface area contributed by atoms with Crippen molar-refractivity contribution in [1.82, 2.24) is 15.5 Å². The molecule has 2 fully saturated rings. The van der Waals surface area contributed by atoms with Crippen LogP contribution in [0.15, 0.2) is 4.99 Å². The molecule has 0 aromatic heterocycles. The normalized spacial score (nSPS) is 22.0. The lowest BCUT2D eigenvalue weighted by atomic mass is 9.94. The van der Waals surface area contributed by atoms with Crippen molar-refractivity contribution in [3.63, 3.8) is 0 Å². The molecule has 152 valence electrons. The number of nitrogens with zero attached hydrogens (tertiary/aromatic N) is 2. The maximum atomic E-state index is 11.8. The van der Waals surface area contributed by atoms with Gasteiger partial charge in [0.2, 0.25) is 5.91 Å². The van der Waals surface area contributed by atoms with Crippen LogP contribution in [-0.4, -0.2) is 81.0 Å². The highest BCUT2D eigenvalue weighted by molar-refractivity contribution is 14.0. The molecule has 1 amide bonds. The topological polar surface area (TPSA) is 75.2 Å². The molecule has 1 atom stereocenters. The maximum absolute atomic E-state index is 11.8. The van der Waals surface area contributed by atoms with Crippen LogP contribution in [0, 0.1) is 0 Å². The van der Waals surface area contributed by atoms with Gasteiger partial charge in [0.1, 0.15) is 12.6 Å². The van der Waals surface area contributed by atoms with Crippen LogP contribution in [0.4, 0.5) is 0 Å². The Bertz CT molecular complexity index is 459. The van der Waals surface area contributed by atoms with Crippen LogP contribution in [-0.2, 0) is 14.3 Å². The van der Waals surface area contributed by atoms with Crippen molar-refractivity contribution in [2.75, 3.05) is 52.3 Å². The number of nitrogens with one attached hydrogen (secondary N) is 2. The second kappa shape index (κ2) is 12.2. The number of carbonyl (C=O) groups excluding carboxylic acids is 1. The highest BCUT2D eigenvalue weighted by atomic mass is 127. The fourth-order valence-corrected chi connectivity index (χ4v) is 3.32. The first-order valence-corrected chi connectivity index (χ1v) is 10.5. The van der Waals surface area contributed by atoms with Gasteiger partial charge in [-0.3, -0.25) is 4.79 Å². The summed E-state index contributed by atoms with van der Waals surface area (Å²) in [5.41, 5.74) is 0. The van der Waals surface area contributed by atoms with Gasteiger partial charge in [-0.1, -0.05) is 6.42 Å². The number of aliphatic imine (C=N–C) groups is 1. The van der Waals surface area contributed by atoms with Gasteiger partial charge in [0.25, 0.3) is 0 Å². The van der Waals surface area contributed by atoms with E-state index in [2.05, 4.69) is 21.9 Å². The second-order valence-electron chi connectivity index (χ2n) is 6.78. The van der Waals surface area contributed by atoms with Gasteiger partial charge in [-0.2, -0.15) is 11.8 Å². The Hall–Kier alpha value is -0.260. The maximum Gasteiger partial charge on any atom is 0.243 e. The quantitative estimate of drug-likeness (QED) is 0.240. The Kier molecular flexibility index (Phi) is 11.2. The van der Waals surface area contributed by atoms with E-state index in [0.717, 1.165) is 25.1 Å². The van der Waals surface area contributed by atoms with Gasteiger partial charge >= 0.3 is 0 Å². The molecule has 0 radical (unpaired) electrons. The molecule has 26 heavy (non-hydrogen) atoms. The van der Waals surface area contributed by atoms with Gasteiger partial charge in [-0.25, -0.2) is 4.99 Å². The second-order valence-corrected chi connectivity index (χ2v) is 7.76. The summed E-state index contributed by atoms with van der Waals surface area (Å²) in [6, 6.07) is 0. The van der Waals surface area contributed by atoms with Crippen molar-refractivity contribution >= 4 is 47.6 Å². The number of hydrogen-bond acceptors (Lipinski definition) is 5. The van der Waals surface area contributed by atoms with Crippen molar-refractivity contribution in [1.29, 1.82) is 0 Å². The molecule has 0 aromatic rings. The Balaban J connectivity index is 0.00000338. The fourth-order valence-electron chi connectivity index (χ4n) is 3.01. The summed E-state index contributed by atoms with van der Waals surface area (Å²) < 4.78 is 12.2. The molecule has 1 aliphatic carbocycles. The largest absolute Gasteiger partial charge is 0.356 e. The van der Waals surface area contributed by atoms with E-state index in [-0.39, 0.29) is 48.3 Å². The minimum absolute atomic E-state index is 0. The van der Waals surface area contributed by atoms with Crippen LogP contribution in [0.1, 0.15) is 32.1 Å². The number of likely N-dealkylation sites (N-methyl/N-ethyl adjacent to an activating group) is 1. The van der Waals surface area contributed by atoms with Gasteiger partial charge < -0.3 is 25.0 Å². The summed E-state index contributed by atoms with van der Waals surface area (Å²) in [5.74, 6) is 1.26. The monoisotopic (exact) mass is 500 g/mol. The summed E-state index contributed by atoms with van der Waals surface area (Å²) in [6.07, 6.45) is 7.70. The molecule has 1 saturated heterocycles. The predicted molar refractivity (Wildman–Crippen MR) is 117 cm³/mol. The van der Waals surface area contributed by atoms with Gasteiger partial charge in [-0.05, 0) is 19.1 Å². The first-order chi connectivity index (χ1) is 12.0. The minimum Gasteiger partial charge on any atom is -0.356 e. The summed E-state index contributed by atoms with van der Waals surface area (Å²) >= 11 is 1.77. The highest BCUT2D eigenvalue weighted by Gasteiger charge is 2.42. The zero-order chi connectivity index (χ0) is 18.1. The Labute approximate surface area is 178 Å². The van der Waals surface area contributed by atoms with Crippen LogP contribution in [0.25, 0.3) is 0 Å². The van der Waals surface area contributed by atoms with Crippen molar-refractivity contribution in [2.24, 2.45) is 4.99 Å². The molecule has 7 nitrogen and oxygen atoms in total. The van der Waals surface area contributed by atoms with Crippen LogP contribution >= 0.6 is 35.7 Å². The van der Waals surface area contributed by atoms with E-state index in [4.69, 9.17) is 9.47 Å². The SMILES string of the molecule is CSCCNC(=NCC(=O)N(C)C)NCC1COC2(CCCCC2)O1.I. The Morgan fingerprint density at radius 2 is 2.00 bits per heavy atom. The third-order valence-corrected chi connectivity index (χ3v) is 5.11. The lowest BCUT2D eigenvalue weighted by molar-refractivity contribution is -0.186. The highest BCUT2D eigenvalue weighted by Crippen LogP contribution is 2.37. The fraction of sp³-hybridized carbons (Fsp3) is 0.882. The standard InChI is InChI=1S/C17H32N4O3S.HI/c1-21(2)15(22)12-20-16(18-9-10-25-3)19-11-14-13-23-17(24-14)7-5-4-6-8-17;/h14H,4-13H2,1-3H3,(H2,18,19,20);1H. The zero-order valence-electron chi connectivity index (χ0n) is 16.1. The molecule has 1 unspecified atom stereocenters. The lowest BCUT2D eigenvalue weighted by Gasteiger charge is -2.31. The van der Waals surface area contributed by atoms with Gasteiger partial charge in [0, 0.05) is 45.8 Å². The molecule has 1 heterocycles. The molecule has 2 aliphatic rings. The lowest BCUT2D eigenvalue weighted by Crippen LogP contribution is -2.44. The number of guanidine groups is 1. The molecule has 2 rings (SSSR count). The molecule has 1 saturated carbocycles. The van der Waals surface area contributed by atoms with Crippen molar-refractivity contribution in [3.05, 3.63) is 0 Å². The number of hydrogen-bond donors (Lipinski definition) is 2. The van der Waals surface area contributed by atoms with Crippen LogP contribution < -0.4 is 10.6 Å². The van der Waals surface area contributed by atoms with Gasteiger partial charge in [0.05, 0.1) is 6.61 Å². The zero-order valence-corrected chi connectivity index (χ0v) is 19.2. The number of rotatable bonds is 7. The number of carbonyl (C=O) groups is 1. The average molecular weight is 500 g/mol. The third-order valence-electron chi connectivity index (χ3n) is 4.50. The van der Waals surface area contributed by atoms with E-state index in [1.807, 2.05) is 0 Å². The first kappa shape index (κ1) is 23.8. The number of amides is 1. The molecular weight excluding hydrogens is 467 g/mol. The summed E-state index contributed by atoms with van der Waals surface area (Å²) in [4.78, 5) is 17.7. The van der Waals surface area contributed by atoms with E-state index in [0.29, 0.717) is 19.1 Å². The first-order valence-electron chi connectivity index (χ1n) is 9.08. The van der Waals surface area contributed by atoms with Gasteiger partial charge in [0.15, 0.2) is 11.7 Å². The van der Waals surface area contributed by atoms with E-state index < -0.39 is 0 Å². The summed E-state index contributed by atoms with van der Waals surface area (Å²) in [6.45, 7) is 2.17. The summed E-state index contributed by atoms with van der Waals surface area (Å²) in [5, 5.41) is 6.55. The molecule has 1 spiro atoms. The molecule has 0 bridgehead atoms. The molecule has 2 N–H and O–H groups in total. The van der Waals surface area contributed by atoms with Crippen molar-refractivity contribution in [2.45, 2.75) is 44.0 Å². The van der Waals surface area contributed by atoms with Crippen LogP contribution in [0.5, 0.6) is 0 Å². The third kappa shape index (κ3) is 7.77. The minimum atomic E-state index is -0.352. The Morgan fingerprint density at radius 3 is 2.65 bits per heavy atom. The van der Waals surface area contributed by atoms with E-state index in [1.54, 1.807) is 30.8 Å². The summed E-state index contributed by atoms with van der Waals surface area (Å²) in [7, 11) is 3.47. The van der Waals surface area contributed by atoms with Crippen LogP contribution in [0.3, 0.4) is 0 Å². The van der Waals surface area contributed by atoms with Crippen molar-refractivity contribution in [3.8, 4) is 0 Å². The van der Waals surface area contributed by atoms with Crippen molar-refractivity contribution < 1.29 is 14.3 Å². The molecular formula is C17H33IN4O3S. The van der Waals surface area contributed by atoms with E-state index in [9.17, 15) is 4.79 Å². The molecule has 1 aliphatic heterocycles. The van der Waals surface area contributed by atoms with Gasteiger partial charge in [-0.15, -0.1) is 24.0 Å². The van der Waals surface area contributed by atoms with E-state index in [1.165, 1.54) is 19.3 Å². The molecule has 0 aromatic carbocycles. The smallest absolute Gasteiger partial charge is 0.243 e. The number of halogens is 1. The average Bonchev–Trinajstić information content (AvgIpc) is 2.99. The van der Waals surface area contributed by atoms with E-state index >= 15 is 0 Å². The number of ether oxygens (including phenoxy) is 2. The molecule has 9 heteroatoms. The van der Waals surface area contributed by atoms with Crippen LogP contribution in [0.2, 0.25) is 0 Å². The number of thioether (sulfide) groups is 1. The Morgan fingerprint density at radius 1 is 1.27 bits per heavy atom. The predicted octanol–water partition coefficient (Wildman–Crippen LogP) is 1.67.